The summed E-state index contributed by atoms with van der Waals surface area (Å²) in [4.78, 5) is 11.6. The Morgan fingerprint density at radius 1 is 1.44 bits per heavy atom. The van der Waals surface area contributed by atoms with Gasteiger partial charge in [0.1, 0.15) is 5.60 Å². The fourth-order valence-corrected chi connectivity index (χ4v) is 4.18. The Morgan fingerprint density at radius 3 is 2.75 bits per heavy atom. The molecule has 4 aliphatic carbocycles. The maximum atomic E-state index is 11.6. The number of hydrogen-bond donors (Lipinski definition) is 1. The number of ether oxygens (including phenoxy) is 1. The number of rotatable bonds is 2. The first-order valence-corrected chi connectivity index (χ1v) is 6.04. The molecule has 0 aromatic rings. The van der Waals surface area contributed by atoms with Crippen LogP contribution < -0.4 is 0 Å². The first-order chi connectivity index (χ1) is 7.42. The van der Waals surface area contributed by atoms with E-state index in [-0.39, 0.29) is 11.6 Å². The first-order valence-electron chi connectivity index (χ1n) is 6.04. The highest BCUT2D eigenvalue weighted by Gasteiger charge is 2.65. The average Bonchev–Trinajstić information content (AvgIpc) is 2.46. The zero-order valence-corrected chi connectivity index (χ0v) is 9.66. The van der Waals surface area contributed by atoms with E-state index in [1.54, 1.807) is 6.92 Å². The molecular weight excluding hydrogens is 204 g/mol. The van der Waals surface area contributed by atoms with Gasteiger partial charge in [-0.2, -0.15) is 0 Å². The van der Waals surface area contributed by atoms with Gasteiger partial charge < -0.3 is 9.84 Å². The van der Waals surface area contributed by atoms with Gasteiger partial charge in [0.05, 0.1) is 5.60 Å². The minimum atomic E-state index is -0.543. The Hall–Kier alpha value is -0.830. The summed E-state index contributed by atoms with van der Waals surface area (Å²) in [6.07, 6.45) is 4.44. The molecule has 0 heterocycles. The molecule has 0 aromatic carbocycles. The van der Waals surface area contributed by atoms with Crippen molar-refractivity contribution in [2.75, 3.05) is 0 Å². The van der Waals surface area contributed by atoms with E-state index >= 15 is 0 Å². The second-order valence-corrected chi connectivity index (χ2v) is 6.04. The molecule has 4 rings (SSSR count). The molecule has 4 atom stereocenters. The Bertz CT molecular complexity index is 375. The lowest BCUT2D eigenvalue weighted by Gasteiger charge is -2.38. The number of carbonyl (C=O) groups is 1. The fraction of sp³-hybridized carbons (Fsp3) is 0.769. The maximum absolute atomic E-state index is 11.6. The number of hydrogen-bond acceptors (Lipinski definition) is 3. The molecule has 4 aliphatic rings. The van der Waals surface area contributed by atoms with Gasteiger partial charge in [-0.3, -0.25) is 0 Å². The molecule has 3 heteroatoms. The van der Waals surface area contributed by atoms with Crippen molar-refractivity contribution in [2.45, 2.75) is 50.2 Å². The summed E-state index contributed by atoms with van der Waals surface area (Å²) < 4.78 is 5.60. The Morgan fingerprint density at radius 2 is 2.19 bits per heavy atom. The lowest BCUT2D eigenvalue weighted by molar-refractivity contribution is -0.162. The largest absolute Gasteiger partial charge is 0.456 e. The molecule has 4 unspecified atom stereocenters. The lowest BCUT2D eigenvalue weighted by Crippen LogP contribution is -2.42. The van der Waals surface area contributed by atoms with Crippen LogP contribution in [0.4, 0.5) is 0 Å². The van der Waals surface area contributed by atoms with Crippen LogP contribution in [-0.4, -0.2) is 22.3 Å². The van der Waals surface area contributed by atoms with Crippen molar-refractivity contribution in [3.8, 4) is 0 Å². The molecule has 4 bridgehead atoms. The van der Waals surface area contributed by atoms with Gasteiger partial charge in [0.2, 0.25) is 0 Å². The molecule has 4 fully saturated rings. The molecule has 0 aliphatic heterocycles. The van der Waals surface area contributed by atoms with Crippen LogP contribution in [-0.2, 0) is 9.53 Å². The van der Waals surface area contributed by atoms with Gasteiger partial charge in [0.15, 0.2) is 0 Å². The van der Waals surface area contributed by atoms with Crippen LogP contribution in [0.5, 0.6) is 0 Å². The third-order valence-electron chi connectivity index (χ3n) is 4.58. The Kier molecular flexibility index (Phi) is 1.87. The SMILES string of the molecule is C=C(C)C(=O)OC12CC3CC(C1)C(O)(C3)C2. The maximum Gasteiger partial charge on any atom is 0.333 e. The Labute approximate surface area is 95.5 Å². The predicted molar refractivity (Wildman–Crippen MR) is 58.7 cm³/mol. The zero-order valence-electron chi connectivity index (χ0n) is 9.66. The van der Waals surface area contributed by atoms with Crippen molar-refractivity contribution in [3.63, 3.8) is 0 Å². The summed E-state index contributed by atoms with van der Waals surface area (Å²) in [6, 6.07) is 0. The summed E-state index contributed by atoms with van der Waals surface area (Å²) in [7, 11) is 0. The molecule has 0 radical (unpaired) electrons. The minimum Gasteiger partial charge on any atom is -0.456 e. The zero-order chi connectivity index (χ0) is 11.6. The third-order valence-corrected chi connectivity index (χ3v) is 4.58. The number of aliphatic hydroxyl groups is 1. The van der Waals surface area contributed by atoms with E-state index in [0.29, 0.717) is 23.8 Å². The van der Waals surface area contributed by atoms with Crippen LogP contribution in [0.15, 0.2) is 12.2 Å². The molecule has 0 aromatic heterocycles. The molecule has 1 N–H and O–H groups in total. The highest BCUT2D eigenvalue weighted by atomic mass is 16.6. The standard InChI is InChI=1S/C13H18O3/c1-8(2)11(14)16-12-4-9-3-10(6-12)13(15,5-9)7-12/h9-10,15H,1,3-7H2,2H3. The van der Waals surface area contributed by atoms with E-state index < -0.39 is 5.60 Å². The van der Waals surface area contributed by atoms with E-state index in [1.807, 2.05) is 0 Å². The van der Waals surface area contributed by atoms with Gasteiger partial charge in [-0.05, 0) is 44.4 Å². The van der Waals surface area contributed by atoms with Crippen molar-refractivity contribution >= 4 is 5.97 Å². The number of esters is 1. The van der Waals surface area contributed by atoms with E-state index in [9.17, 15) is 9.90 Å². The van der Waals surface area contributed by atoms with Gasteiger partial charge in [-0.25, -0.2) is 4.79 Å². The van der Waals surface area contributed by atoms with E-state index in [0.717, 1.165) is 25.7 Å². The second kappa shape index (κ2) is 2.89. The van der Waals surface area contributed by atoms with Crippen LogP contribution in [0.3, 0.4) is 0 Å². The van der Waals surface area contributed by atoms with Crippen molar-refractivity contribution in [2.24, 2.45) is 11.8 Å². The average molecular weight is 222 g/mol. The van der Waals surface area contributed by atoms with Crippen LogP contribution in [0.25, 0.3) is 0 Å². The van der Waals surface area contributed by atoms with Crippen molar-refractivity contribution in [1.29, 1.82) is 0 Å². The first kappa shape index (κ1) is 10.3. The molecule has 3 nitrogen and oxygen atoms in total. The summed E-state index contributed by atoms with van der Waals surface area (Å²) in [5, 5.41) is 10.4. The molecule has 88 valence electrons. The van der Waals surface area contributed by atoms with E-state index in [4.69, 9.17) is 4.74 Å². The highest BCUT2D eigenvalue weighted by Crippen LogP contribution is 2.63. The lowest BCUT2D eigenvalue weighted by atomic mass is 9.77. The summed E-state index contributed by atoms with van der Waals surface area (Å²) in [6.45, 7) is 5.28. The van der Waals surface area contributed by atoms with Crippen LogP contribution in [0.1, 0.15) is 39.0 Å². The monoisotopic (exact) mass is 222 g/mol. The van der Waals surface area contributed by atoms with Gasteiger partial charge in [0.25, 0.3) is 0 Å². The van der Waals surface area contributed by atoms with E-state index in [1.165, 1.54) is 0 Å². The normalized spacial score (nSPS) is 48.4. The molecular formula is C13H18O3. The van der Waals surface area contributed by atoms with Gasteiger partial charge in [-0.1, -0.05) is 6.58 Å². The van der Waals surface area contributed by atoms with Gasteiger partial charge in [-0.15, -0.1) is 0 Å². The van der Waals surface area contributed by atoms with Crippen molar-refractivity contribution < 1.29 is 14.6 Å². The molecule has 16 heavy (non-hydrogen) atoms. The van der Waals surface area contributed by atoms with Crippen LogP contribution in [0, 0.1) is 11.8 Å². The molecule has 0 amide bonds. The van der Waals surface area contributed by atoms with Crippen LogP contribution in [0.2, 0.25) is 0 Å². The molecule has 4 saturated carbocycles. The fourth-order valence-electron chi connectivity index (χ4n) is 4.18. The topological polar surface area (TPSA) is 46.5 Å². The van der Waals surface area contributed by atoms with E-state index in [2.05, 4.69) is 6.58 Å². The third kappa shape index (κ3) is 1.27. The Balaban J connectivity index is 1.82. The minimum absolute atomic E-state index is 0.300. The van der Waals surface area contributed by atoms with Crippen molar-refractivity contribution in [1.82, 2.24) is 0 Å². The van der Waals surface area contributed by atoms with Crippen molar-refractivity contribution in [3.05, 3.63) is 12.2 Å². The molecule has 0 saturated heterocycles. The smallest absolute Gasteiger partial charge is 0.333 e. The number of carbonyl (C=O) groups excluding carboxylic acids is 1. The summed E-state index contributed by atoms with van der Waals surface area (Å²) in [5.41, 5.74) is -0.474. The van der Waals surface area contributed by atoms with Crippen LogP contribution >= 0.6 is 0 Å². The summed E-state index contributed by atoms with van der Waals surface area (Å²) in [5.74, 6) is 0.602. The summed E-state index contributed by atoms with van der Waals surface area (Å²) >= 11 is 0. The quantitative estimate of drug-likeness (QED) is 0.572. The second-order valence-electron chi connectivity index (χ2n) is 6.04. The highest BCUT2D eigenvalue weighted by molar-refractivity contribution is 5.87. The predicted octanol–water partition coefficient (Wildman–Crippen LogP) is 1.80. The van der Waals surface area contributed by atoms with Gasteiger partial charge in [0, 0.05) is 12.0 Å². The molecule has 0 spiro atoms. The van der Waals surface area contributed by atoms with Gasteiger partial charge >= 0.3 is 5.97 Å².